The van der Waals surface area contributed by atoms with E-state index < -0.39 is 0 Å². The minimum atomic E-state index is 0.482. The number of nitrogens with one attached hydrogen (secondary N) is 1. The van der Waals surface area contributed by atoms with Gasteiger partial charge in [0.05, 0.1) is 0 Å². The Morgan fingerprint density at radius 2 is 2.05 bits per heavy atom. The summed E-state index contributed by atoms with van der Waals surface area (Å²) in [6.45, 7) is 5.61. The molecule has 0 saturated carbocycles. The maximum atomic E-state index is 5.82. The first kappa shape index (κ1) is 14.3. The number of benzene rings is 1. The molecule has 0 aliphatic heterocycles. The van der Waals surface area contributed by atoms with E-state index in [1.54, 1.807) is 11.3 Å². The van der Waals surface area contributed by atoms with E-state index in [2.05, 4.69) is 24.1 Å². The van der Waals surface area contributed by atoms with Crippen LogP contribution in [0.1, 0.15) is 23.7 Å². The molecule has 0 saturated heterocycles. The summed E-state index contributed by atoms with van der Waals surface area (Å²) in [4.78, 5) is 5.58. The van der Waals surface area contributed by atoms with Crippen molar-refractivity contribution in [2.45, 2.75) is 33.0 Å². The van der Waals surface area contributed by atoms with Crippen LogP contribution in [0.2, 0.25) is 5.02 Å². The highest BCUT2D eigenvalue weighted by Crippen LogP contribution is 2.19. The second-order valence-electron chi connectivity index (χ2n) is 4.50. The van der Waals surface area contributed by atoms with Crippen LogP contribution < -0.4 is 10.1 Å². The van der Waals surface area contributed by atoms with Crippen molar-refractivity contribution in [3.8, 4) is 5.75 Å². The molecule has 1 heterocycles. The molecule has 0 atom stereocenters. The Morgan fingerprint density at radius 1 is 1.32 bits per heavy atom. The van der Waals surface area contributed by atoms with Gasteiger partial charge in [0.1, 0.15) is 17.4 Å². The molecule has 1 aromatic carbocycles. The first-order valence-corrected chi connectivity index (χ1v) is 7.38. The van der Waals surface area contributed by atoms with Crippen LogP contribution in [-0.4, -0.2) is 11.0 Å². The smallest absolute Gasteiger partial charge is 0.140 e. The van der Waals surface area contributed by atoms with Crippen molar-refractivity contribution in [2.24, 2.45) is 0 Å². The molecule has 102 valence electrons. The molecule has 0 bridgehead atoms. The Kier molecular flexibility index (Phi) is 5.19. The number of hydrogen-bond acceptors (Lipinski definition) is 4. The van der Waals surface area contributed by atoms with E-state index in [1.165, 1.54) is 4.88 Å². The fraction of sp³-hybridized carbons (Fsp3) is 0.357. The maximum absolute atomic E-state index is 5.82. The Labute approximate surface area is 122 Å². The van der Waals surface area contributed by atoms with Crippen LogP contribution in [0.25, 0.3) is 0 Å². The molecular weight excluding hydrogens is 280 g/mol. The topological polar surface area (TPSA) is 34.2 Å². The summed E-state index contributed by atoms with van der Waals surface area (Å²) in [5.74, 6) is 0.807. The highest BCUT2D eigenvalue weighted by atomic mass is 35.5. The Hall–Kier alpha value is -1.10. The number of halogens is 1. The number of nitrogens with zero attached hydrogens (tertiary/aromatic N) is 1. The third-order valence-corrected chi connectivity index (χ3v) is 3.68. The molecule has 0 amide bonds. The second kappa shape index (κ2) is 6.89. The van der Waals surface area contributed by atoms with Crippen molar-refractivity contribution < 1.29 is 4.74 Å². The minimum absolute atomic E-state index is 0.482. The van der Waals surface area contributed by atoms with Gasteiger partial charge in [-0.2, -0.15) is 0 Å². The van der Waals surface area contributed by atoms with Crippen LogP contribution in [0.3, 0.4) is 0 Å². The minimum Gasteiger partial charge on any atom is -0.486 e. The van der Waals surface area contributed by atoms with Crippen LogP contribution in [0.5, 0.6) is 5.75 Å². The SMILES string of the molecule is CC(C)NCc1cnc(COc2ccc(Cl)cc2)s1. The average Bonchev–Trinajstić information content (AvgIpc) is 2.84. The van der Waals surface area contributed by atoms with E-state index in [4.69, 9.17) is 16.3 Å². The maximum Gasteiger partial charge on any atom is 0.140 e. The predicted octanol–water partition coefficient (Wildman–Crippen LogP) is 3.87. The van der Waals surface area contributed by atoms with Gasteiger partial charge in [0.15, 0.2) is 0 Å². The molecule has 0 aliphatic carbocycles. The molecule has 0 spiro atoms. The van der Waals surface area contributed by atoms with Gasteiger partial charge in [-0.3, -0.25) is 0 Å². The lowest BCUT2D eigenvalue weighted by molar-refractivity contribution is 0.305. The lowest BCUT2D eigenvalue weighted by atomic mass is 10.3. The van der Waals surface area contributed by atoms with E-state index in [0.29, 0.717) is 17.7 Å². The first-order valence-electron chi connectivity index (χ1n) is 6.19. The van der Waals surface area contributed by atoms with Gasteiger partial charge in [0.2, 0.25) is 0 Å². The van der Waals surface area contributed by atoms with Crippen molar-refractivity contribution in [3.05, 3.63) is 45.4 Å². The van der Waals surface area contributed by atoms with Crippen LogP contribution in [0, 0.1) is 0 Å². The summed E-state index contributed by atoms with van der Waals surface area (Å²) in [6.07, 6.45) is 1.90. The van der Waals surface area contributed by atoms with Gasteiger partial charge in [0.25, 0.3) is 0 Å². The van der Waals surface area contributed by atoms with Gasteiger partial charge in [-0.25, -0.2) is 4.98 Å². The largest absolute Gasteiger partial charge is 0.486 e. The number of ether oxygens (including phenoxy) is 1. The third-order valence-electron chi connectivity index (χ3n) is 2.46. The molecule has 0 fully saturated rings. The second-order valence-corrected chi connectivity index (χ2v) is 6.13. The zero-order valence-corrected chi connectivity index (χ0v) is 12.6. The monoisotopic (exact) mass is 296 g/mol. The van der Waals surface area contributed by atoms with Crippen LogP contribution >= 0.6 is 22.9 Å². The summed E-state index contributed by atoms with van der Waals surface area (Å²) in [5, 5.41) is 5.06. The Bertz CT molecular complexity index is 510. The molecule has 2 aromatic rings. The third kappa shape index (κ3) is 4.82. The lowest BCUT2D eigenvalue weighted by Gasteiger charge is -2.05. The van der Waals surface area contributed by atoms with Gasteiger partial charge < -0.3 is 10.1 Å². The molecule has 0 aliphatic rings. The average molecular weight is 297 g/mol. The molecule has 2 rings (SSSR count). The van der Waals surface area contributed by atoms with E-state index in [1.807, 2.05) is 30.5 Å². The van der Waals surface area contributed by atoms with Crippen molar-refractivity contribution in [1.29, 1.82) is 0 Å². The van der Waals surface area contributed by atoms with E-state index in [-0.39, 0.29) is 0 Å². The van der Waals surface area contributed by atoms with Gasteiger partial charge in [0, 0.05) is 28.7 Å². The number of thiazole rings is 1. The first-order chi connectivity index (χ1) is 9.13. The highest BCUT2D eigenvalue weighted by molar-refractivity contribution is 7.11. The molecule has 0 radical (unpaired) electrons. The molecule has 19 heavy (non-hydrogen) atoms. The van der Waals surface area contributed by atoms with Crippen molar-refractivity contribution >= 4 is 22.9 Å². The molecular formula is C14H17ClN2OS. The molecule has 0 unspecified atom stereocenters. The van der Waals surface area contributed by atoms with E-state index in [9.17, 15) is 0 Å². The van der Waals surface area contributed by atoms with Gasteiger partial charge in [-0.15, -0.1) is 11.3 Å². The normalized spacial score (nSPS) is 10.9. The van der Waals surface area contributed by atoms with Crippen molar-refractivity contribution in [3.63, 3.8) is 0 Å². The molecule has 1 aromatic heterocycles. The van der Waals surface area contributed by atoms with Gasteiger partial charge in [-0.1, -0.05) is 25.4 Å². The van der Waals surface area contributed by atoms with Crippen LogP contribution in [0.4, 0.5) is 0 Å². The summed E-state index contributed by atoms with van der Waals surface area (Å²) in [7, 11) is 0. The predicted molar refractivity (Wildman–Crippen MR) is 79.9 cm³/mol. The summed E-state index contributed by atoms with van der Waals surface area (Å²) < 4.78 is 5.65. The fourth-order valence-electron chi connectivity index (χ4n) is 1.48. The zero-order valence-electron chi connectivity index (χ0n) is 11.0. The van der Waals surface area contributed by atoms with E-state index >= 15 is 0 Å². The van der Waals surface area contributed by atoms with Crippen LogP contribution in [-0.2, 0) is 13.2 Å². The summed E-state index contributed by atoms with van der Waals surface area (Å²) >= 11 is 7.49. The Morgan fingerprint density at radius 3 is 2.74 bits per heavy atom. The van der Waals surface area contributed by atoms with E-state index in [0.717, 1.165) is 17.3 Å². The standard InChI is InChI=1S/C14H17ClN2OS/c1-10(2)16-7-13-8-17-14(19-13)9-18-12-5-3-11(15)4-6-12/h3-6,8,10,16H,7,9H2,1-2H3. The van der Waals surface area contributed by atoms with Crippen molar-refractivity contribution in [2.75, 3.05) is 0 Å². The summed E-state index contributed by atoms with van der Waals surface area (Å²) in [5.41, 5.74) is 0. The molecule has 3 nitrogen and oxygen atoms in total. The highest BCUT2D eigenvalue weighted by Gasteiger charge is 2.04. The Balaban J connectivity index is 1.84. The van der Waals surface area contributed by atoms with Gasteiger partial charge in [-0.05, 0) is 24.3 Å². The summed E-state index contributed by atoms with van der Waals surface area (Å²) in [6, 6.07) is 7.83. The lowest BCUT2D eigenvalue weighted by Crippen LogP contribution is -2.21. The molecule has 5 heteroatoms. The molecule has 1 N–H and O–H groups in total. The zero-order chi connectivity index (χ0) is 13.7. The number of aromatic nitrogens is 1. The van der Waals surface area contributed by atoms with Gasteiger partial charge >= 0.3 is 0 Å². The number of hydrogen-bond donors (Lipinski definition) is 1. The van der Waals surface area contributed by atoms with Crippen molar-refractivity contribution in [1.82, 2.24) is 10.3 Å². The fourth-order valence-corrected chi connectivity index (χ4v) is 2.39. The number of rotatable bonds is 6. The van der Waals surface area contributed by atoms with Crippen LogP contribution in [0.15, 0.2) is 30.5 Å². The quantitative estimate of drug-likeness (QED) is 0.878.